The van der Waals surface area contributed by atoms with E-state index < -0.39 is 18.6 Å². The van der Waals surface area contributed by atoms with Crippen LogP contribution in [-0.4, -0.2) is 16.7 Å². The van der Waals surface area contributed by atoms with Gasteiger partial charge in [0.05, 0.1) is 11.9 Å². The summed E-state index contributed by atoms with van der Waals surface area (Å²) in [6.07, 6.45) is -4.05. The van der Waals surface area contributed by atoms with Crippen molar-refractivity contribution >= 4 is 29.2 Å². The summed E-state index contributed by atoms with van der Waals surface area (Å²) < 4.78 is 38.5. The highest BCUT2D eigenvalue weighted by molar-refractivity contribution is 5.93. The smallest absolute Gasteiger partial charge is 0.324 e. The van der Waals surface area contributed by atoms with Gasteiger partial charge in [-0.05, 0) is 11.6 Å². The van der Waals surface area contributed by atoms with Crippen LogP contribution >= 0.6 is 12.4 Å². The first-order valence-electron chi connectivity index (χ1n) is 5.73. The third-order valence-corrected chi connectivity index (χ3v) is 2.93. The van der Waals surface area contributed by atoms with Crippen molar-refractivity contribution in [1.29, 1.82) is 0 Å². The Morgan fingerprint density at radius 2 is 1.95 bits per heavy atom. The lowest BCUT2D eigenvalue weighted by molar-refractivity contribution is -0.138. The summed E-state index contributed by atoms with van der Waals surface area (Å²) in [7, 11) is 0. The fourth-order valence-electron chi connectivity index (χ4n) is 2.12. The van der Waals surface area contributed by atoms with Crippen molar-refractivity contribution in [2.45, 2.75) is 25.6 Å². The van der Waals surface area contributed by atoms with E-state index in [2.05, 4.69) is 0 Å². The zero-order valence-corrected chi connectivity index (χ0v) is 11.5. The van der Waals surface area contributed by atoms with Crippen LogP contribution in [-0.2, 0) is 0 Å². The highest BCUT2D eigenvalue weighted by Crippen LogP contribution is 2.32. The second kappa shape index (κ2) is 5.85. The van der Waals surface area contributed by atoms with E-state index in [4.69, 9.17) is 5.73 Å². The second-order valence-electron chi connectivity index (χ2n) is 4.42. The van der Waals surface area contributed by atoms with Gasteiger partial charge in [-0.25, -0.2) is 0 Å². The van der Waals surface area contributed by atoms with Crippen molar-refractivity contribution in [3.05, 3.63) is 36.0 Å². The molecule has 0 fully saturated rings. The normalized spacial score (nSPS) is 13.1. The number of benzene rings is 1. The van der Waals surface area contributed by atoms with E-state index in [0.717, 1.165) is 0 Å². The van der Waals surface area contributed by atoms with Crippen LogP contribution in [0.3, 0.4) is 0 Å². The molecule has 1 heterocycles. The standard InChI is InChI=1S/C13H13F3N2O.ClH/c1-8(19)18-7-10(11(17)6-13(14,15)16)9-4-2-3-5-12(9)18;/h2-5,7,11H,6,17H2,1H3;1H/t11-;/m1./s1. The summed E-state index contributed by atoms with van der Waals surface area (Å²) in [6, 6.07) is 5.60. The molecule has 2 N–H and O–H groups in total. The summed E-state index contributed by atoms with van der Waals surface area (Å²) in [4.78, 5) is 11.5. The van der Waals surface area contributed by atoms with Gasteiger partial charge in [-0.2, -0.15) is 13.2 Å². The van der Waals surface area contributed by atoms with Crippen LogP contribution in [0.4, 0.5) is 13.2 Å². The Bertz CT molecular complexity index is 622. The summed E-state index contributed by atoms with van der Waals surface area (Å²) in [5, 5.41) is 0.578. The molecule has 0 radical (unpaired) electrons. The van der Waals surface area contributed by atoms with E-state index in [1.807, 2.05) is 0 Å². The lowest BCUT2D eigenvalue weighted by Gasteiger charge is -2.13. The molecule has 0 aliphatic rings. The van der Waals surface area contributed by atoms with Gasteiger partial charge in [0.1, 0.15) is 0 Å². The summed E-state index contributed by atoms with van der Waals surface area (Å²) in [5.41, 5.74) is 6.52. The zero-order valence-electron chi connectivity index (χ0n) is 10.6. The highest BCUT2D eigenvalue weighted by Gasteiger charge is 2.32. The molecular weight excluding hydrogens is 293 g/mol. The van der Waals surface area contributed by atoms with E-state index in [1.165, 1.54) is 17.7 Å². The second-order valence-corrected chi connectivity index (χ2v) is 4.42. The van der Waals surface area contributed by atoms with Crippen molar-refractivity contribution in [3.8, 4) is 0 Å². The van der Waals surface area contributed by atoms with Crippen molar-refractivity contribution in [2.24, 2.45) is 5.73 Å². The Labute approximate surface area is 120 Å². The lowest BCUT2D eigenvalue weighted by atomic mass is 10.0. The van der Waals surface area contributed by atoms with Gasteiger partial charge in [-0.3, -0.25) is 9.36 Å². The van der Waals surface area contributed by atoms with E-state index in [9.17, 15) is 18.0 Å². The number of hydrogen-bond acceptors (Lipinski definition) is 2. The monoisotopic (exact) mass is 306 g/mol. The van der Waals surface area contributed by atoms with Crippen molar-refractivity contribution in [2.75, 3.05) is 0 Å². The molecule has 0 spiro atoms. The average molecular weight is 307 g/mol. The number of carbonyl (C=O) groups is 1. The van der Waals surface area contributed by atoms with E-state index >= 15 is 0 Å². The number of aromatic nitrogens is 1. The molecular formula is C13H14ClF3N2O. The van der Waals surface area contributed by atoms with Crippen LogP contribution in [0.2, 0.25) is 0 Å². The Morgan fingerprint density at radius 3 is 2.50 bits per heavy atom. The third kappa shape index (κ3) is 3.32. The van der Waals surface area contributed by atoms with Crippen LogP contribution in [0.5, 0.6) is 0 Å². The molecule has 20 heavy (non-hydrogen) atoms. The van der Waals surface area contributed by atoms with Gasteiger partial charge in [-0.15, -0.1) is 12.4 Å². The number of halogens is 4. The molecule has 0 saturated heterocycles. The molecule has 1 aromatic carbocycles. The molecule has 1 atom stereocenters. The van der Waals surface area contributed by atoms with E-state index in [0.29, 0.717) is 16.5 Å². The van der Waals surface area contributed by atoms with Crippen molar-refractivity contribution in [1.82, 2.24) is 4.57 Å². The molecule has 110 valence electrons. The molecule has 0 aliphatic heterocycles. The number of nitrogens with zero attached hydrogens (tertiary/aromatic N) is 1. The van der Waals surface area contributed by atoms with Gasteiger partial charge in [0.2, 0.25) is 5.91 Å². The van der Waals surface area contributed by atoms with Gasteiger partial charge in [0.25, 0.3) is 0 Å². The lowest BCUT2D eigenvalue weighted by Crippen LogP contribution is -2.20. The molecule has 0 bridgehead atoms. The van der Waals surface area contributed by atoms with Crippen molar-refractivity contribution in [3.63, 3.8) is 0 Å². The maximum Gasteiger partial charge on any atom is 0.390 e. The molecule has 0 amide bonds. The quantitative estimate of drug-likeness (QED) is 0.920. The maximum absolute atomic E-state index is 12.4. The van der Waals surface area contributed by atoms with E-state index in [-0.39, 0.29) is 18.3 Å². The first-order chi connectivity index (χ1) is 8.79. The first-order valence-corrected chi connectivity index (χ1v) is 5.73. The summed E-state index contributed by atoms with van der Waals surface area (Å²) in [6.45, 7) is 1.35. The Hall–Kier alpha value is -1.53. The summed E-state index contributed by atoms with van der Waals surface area (Å²) in [5.74, 6) is -0.262. The van der Waals surface area contributed by atoms with Gasteiger partial charge in [-0.1, -0.05) is 18.2 Å². The predicted molar refractivity (Wildman–Crippen MR) is 73.1 cm³/mol. The number of para-hydroxylation sites is 1. The molecule has 1 aromatic heterocycles. The summed E-state index contributed by atoms with van der Waals surface area (Å²) >= 11 is 0. The largest absolute Gasteiger partial charge is 0.390 e. The molecule has 0 saturated carbocycles. The molecule has 3 nitrogen and oxygen atoms in total. The SMILES string of the molecule is CC(=O)n1cc([C@H](N)CC(F)(F)F)c2ccccc21.Cl. The molecule has 7 heteroatoms. The molecule has 2 aromatic rings. The van der Waals surface area contributed by atoms with Crippen molar-refractivity contribution < 1.29 is 18.0 Å². The van der Waals surface area contributed by atoms with Crippen LogP contribution in [0.1, 0.15) is 29.7 Å². The highest BCUT2D eigenvalue weighted by atomic mass is 35.5. The van der Waals surface area contributed by atoms with Crippen LogP contribution in [0, 0.1) is 0 Å². The average Bonchev–Trinajstić information content (AvgIpc) is 2.66. The van der Waals surface area contributed by atoms with Gasteiger partial charge in [0, 0.05) is 24.5 Å². The first kappa shape index (κ1) is 16.5. The van der Waals surface area contributed by atoms with E-state index in [1.54, 1.807) is 24.3 Å². The minimum Gasteiger partial charge on any atom is -0.324 e. The Kier molecular flexibility index (Phi) is 4.83. The number of nitrogens with two attached hydrogens (primary N) is 1. The molecule has 0 aliphatic carbocycles. The topological polar surface area (TPSA) is 48.0 Å². The molecule has 0 unspecified atom stereocenters. The zero-order chi connectivity index (χ0) is 14.2. The predicted octanol–water partition coefficient (Wildman–Crippen LogP) is 3.68. The van der Waals surface area contributed by atoms with Crippen LogP contribution in [0.15, 0.2) is 30.5 Å². The fourth-order valence-corrected chi connectivity index (χ4v) is 2.12. The number of hydrogen-bond donors (Lipinski definition) is 1. The number of rotatable bonds is 2. The number of alkyl halides is 3. The van der Waals surface area contributed by atoms with Crippen LogP contribution in [0.25, 0.3) is 10.9 Å². The number of carbonyl (C=O) groups excluding carboxylic acids is 1. The maximum atomic E-state index is 12.4. The fraction of sp³-hybridized carbons (Fsp3) is 0.308. The third-order valence-electron chi connectivity index (χ3n) is 2.93. The Balaban J connectivity index is 0.00000200. The molecule has 2 rings (SSSR count). The van der Waals surface area contributed by atoms with Gasteiger partial charge in [0.15, 0.2) is 0 Å². The Morgan fingerprint density at radius 1 is 1.35 bits per heavy atom. The number of fused-ring (bicyclic) bond motifs is 1. The van der Waals surface area contributed by atoms with Gasteiger partial charge < -0.3 is 5.73 Å². The van der Waals surface area contributed by atoms with Crippen LogP contribution < -0.4 is 5.73 Å². The minimum absolute atomic E-state index is 0. The van der Waals surface area contributed by atoms with Gasteiger partial charge >= 0.3 is 6.18 Å². The minimum atomic E-state index is -4.33.